The van der Waals surface area contributed by atoms with Gasteiger partial charge >= 0.3 is 24.1 Å². The minimum Gasteiger partial charge on any atom is -0.460 e. The van der Waals surface area contributed by atoms with Gasteiger partial charge in [0.15, 0.2) is 5.78 Å². The highest BCUT2D eigenvalue weighted by Gasteiger charge is 2.32. The number of ether oxygens (including phenoxy) is 3. The van der Waals surface area contributed by atoms with Crippen LogP contribution in [-0.2, 0) is 44.6 Å². The minimum atomic E-state index is -1.17. The summed E-state index contributed by atoms with van der Waals surface area (Å²) in [4.78, 5) is 93.9. The molecule has 1 aromatic carbocycles. The number of urea groups is 1. The number of benzene rings is 1. The lowest BCUT2D eigenvalue weighted by Gasteiger charge is -2.29. The third-order valence-electron chi connectivity index (χ3n) is 10.0. The molecule has 0 unspecified atom stereocenters. The molecular formula is C45H69IN6O10. The van der Waals surface area contributed by atoms with Crippen LogP contribution in [0.1, 0.15) is 133 Å². The van der Waals surface area contributed by atoms with E-state index in [-0.39, 0.29) is 61.7 Å². The highest BCUT2D eigenvalue weighted by molar-refractivity contribution is 14.1. The molecule has 0 spiro atoms. The van der Waals surface area contributed by atoms with Crippen LogP contribution in [0, 0.1) is 15.4 Å². The SMILES string of the molecule is CC(=O)[C@H](CCCCNC(=O)[C@@H](Cc1c[nH]c2ccc(I)cc12)NC(=O)C1CCC(CNC(=O)OC(C)(C)C)CC1)NC(=O)N[C@@H](CCC(=O)OC(C)(C)C)C(=O)OC(C)(C)C. The van der Waals surface area contributed by atoms with Gasteiger partial charge in [-0.2, -0.15) is 0 Å². The fourth-order valence-corrected chi connectivity index (χ4v) is 7.52. The molecule has 1 saturated carbocycles. The maximum absolute atomic E-state index is 13.8. The van der Waals surface area contributed by atoms with Gasteiger partial charge in [-0.25, -0.2) is 14.4 Å². The number of ketones is 1. The highest BCUT2D eigenvalue weighted by Crippen LogP contribution is 2.29. The number of unbranched alkanes of at least 4 members (excludes halogenated alkanes) is 1. The predicted octanol–water partition coefficient (Wildman–Crippen LogP) is 6.51. The number of carbonyl (C=O) groups is 7. The van der Waals surface area contributed by atoms with Crippen LogP contribution in [0.25, 0.3) is 10.9 Å². The number of amides is 5. The van der Waals surface area contributed by atoms with E-state index >= 15 is 0 Å². The first-order valence-electron chi connectivity index (χ1n) is 21.6. The number of aromatic nitrogens is 1. The van der Waals surface area contributed by atoms with Crippen molar-refractivity contribution in [2.45, 2.75) is 168 Å². The monoisotopic (exact) mass is 980 g/mol. The largest absolute Gasteiger partial charge is 0.460 e. The van der Waals surface area contributed by atoms with Gasteiger partial charge in [0, 0.05) is 52.5 Å². The van der Waals surface area contributed by atoms with Gasteiger partial charge in [-0.15, -0.1) is 0 Å². The molecule has 17 heteroatoms. The lowest BCUT2D eigenvalue weighted by atomic mass is 9.81. The van der Waals surface area contributed by atoms with Crippen molar-refractivity contribution in [3.63, 3.8) is 0 Å². The zero-order valence-electron chi connectivity index (χ0n) is 38.1. The maximum Gasteiger partial charge on any atom is 0.407 e. The minimum absolute atomic E-state index is 0.0705. The van der Waals surface area contributed by atoms with Gasteiger partial charge in [-0.3, -0.25) is 19.2 Å². The summed E-state index contributed by atoms with van der Waals surface area (Å²) in [5.41, 5.74) is -0.339. The van der Waals surface area contributed by atoms with Crippen molar-refractivity contribution in [3.8, 4) is 0 Å². The number of carbonyl (C=O) groups excluding carboxylic acids is 7. The molecule has 1 aliphatic carbocycles. The van der Waals surface area contributed by atoms with Gasteiger partial charge in [0.1, 0.15) is 28.9 Å². The molecule has 1 fully saturated rings. The second-order valence-corrected chi connectivity index (χ2v) is 20.4. The average Bonchev–Trinajstić information content (AvgIpc) is 3.53. The highest BCUT2D eigenvalue weighted by atomic mass is 127. The quantitative estimate of drug-likeness (QED) is 0.0388. The molecule has 1 aliphatic rings. The van der Waals surface area contributed by atoms with Gasteiger partial charge < -0.3 is 45.8 Å². The van der Waals surface area contributed by atoms with Crippen LogP contribution >= 0.6 is 22.6 Å². The van der Waals surface area contributed by atoms with Gasteiger partial charge in [-0.05, 0) is 173 Å². The lowest BCUT2D eigenvalue weighted by molar-refractivity contribution is -0.158. The standard InChI is InChI=1S/C45H69IN6O10/c1-27(53)33(51-41(58)52-35(40(57)61-44(5,6)7)20-21-37(54)60-43(2,3)4)13-11-12-22-47-39(56)36(23-30-26-48-34-19-18-31(46)24-32(30)34)50-38(55)29-16-14-28(15-17-29)25-49-42(59)62-45(8,9)10/h18-19,24,26,28-29,33,35-36,48H,11-17,20-23,25H2,1-10H3,(H,47,56)(H,49,59)(H,50,55)(H2,51,52,58)/t28?,29?,33-,35-,36+/m0/s1. The Kier molecular flexibility index (Phi) is 19.5. The van der Waals surface area contributed by atoms with Crippen LogP contribution < -0.4 is 26.6 Å². The van der Waals surface area contributed by atoms with Crippen molar-refractivity contribution in [3.05, 3.63) is 33.5 Å². The summed E-state index contributed by atoms with van der Waals surface area (Å²) in [6, 6.07) is 2.33. The number of nitrogens with one attached hydrogen (secondary N) is 6. The summed E-state index contributed by atoms with van der Waals surface area (Å²) < 4.78 is 17.2. The van der Waals surface area contributed by atoms with Gasteiger partial charge in [0.25, 0.3) is 0 Å². The van der Waals surface area contributed by atoms with E-state index in [2.05, 4.69) is 54.2 Å². The number of esters is 2. The van der Waals surface area contributed by atoms with Crippen molar-refractivity contribution in [1.82, 2.24) is 31.6 Å². The summed E-state index contributed by atoms with van der Waals surface area (Å²) in [6.45, 7) is 17.8. The molecule has 0 aliphatic heterocycles. The van der Waals surface area contributed by atoms with E-state index in [0.717, 1.165) is 32.9 Å². The third kappa shape index (κ3) is 19.3. The molecule has 0 saturated heterocycles. The van der Waals surface area contributed by atoms with Crippen LogP contribution in [0.2, 0.25) is 0 Å². The first-order valence-corrected chi connectivity index (χ1v) is 22.7. The normalized spacial score (nSPS) is 17.1. The number of H-pyrrole nitrogens is 1. The molecule has 62 heavy (non-hydrogen) atoms. The molecule has 0 bridgehead atoms. The summed E-state index contributed by atoms with van der Waals surface area (Å²) in [5, 5.41) is 15.0. The van der Waals surface area contributed by atoms with E-state index < -0.39 is 59.0 Å². The van der Waals surface area contributed by atoms with Crippen molar-refractivity contribution in [1.29, 1.82) is 0 Å². The Labute approximate surface area is 379 Å². The molecule has 16 nitrogen and oxygen atoms in total. The maximum atomic E-state index is 13.8. The Morgan fingerprint density at radius 3 is 2.00 bits per heavy atom. The molecule has 3 atom stereocenters. The van der Waals surface area contributed by atoms with Crippen LogP contribution in [0.15, 0.2) is 24.4 Å². The first-order chi connectivity index (χ1) is 28.8. The molecule has 1 heterocycles. The number of rotatable bonds is 19. The Bertz CT molecular complexity index is 1870. The summed E-state index contributed by atoms with van der Waals surface area (Å²) in [6.07, 6.45) is 5.40. The van der Waals surface area contributed by atoms with E-state index in [1.54, 1.807) is 41.5 Å². The van der Waals surface area contributed by atoms with E-state index in [9.17, 15) is 33.6 Å². The van der Waals surface area contributed by atoms with Crippen molar-refractivity contribution in [2.75, 3.05) is 13.1 Å². The summed E-state index contributed by atoms with van der Waals surface area (Å²) >= 11 is 2.24. The average molecular weight is 981 g/mol. The van der Waals surface area contributed by atoms with E-state index in [4.69, 9.17) is 14.2 Å². The molecule has 1 aromatic heterocycles. The zero-order valence-corrected chi connectivity index (χ0v) is 40.3. The van der Waals surface area contributed by atoms with Crippen LogP contribution in [0.3, 0.4) is 0 Å². The van der Waals surface area contributed by atoms with Crippen LogP contribution in [-0.4, -0.2) is 94.7 Å². The molecule has 5 amide bonds. The number of fused-ring (bicyclic) bond motifs is 1. The summed E-state index contributed by atoms with van der Waals surface area (Å²) in [7, 11) is 0. The van der Waals surface area contributed by atoms with Crippen molar-refractivity contribution < 1.29 is 47.8 Å². The Morgan fingerprint density at radius 2 is 1.39 bits per heavy atom. The topological polar surface area (TPSA) is 223 Å². The number of hydrogen-bond donors (Lipinski definition) is 6. The molecular weight excluding hydrogens is 911 g/mol. The predicted molar refractivity (Wildman–Crippen MR) is 244 cm³/mol. The molecule has 346 valence electrons. The molecule has 0 radical (unpaired) electrons. The van der Waals surface area contributed by atoms with Crippen molar-refractivity contribution in [2.24, 2.45) is 11.8 Å². The van der Waals surface area contributed by atoms with E-state index in [1.165, 1.54) is 6.92 Å². The molecule has 3 rings (SSSR count). The smallest absolute Gasteiger partial charge is 0.407 e. The van der Waals surface area contributed by atoms with E-state index in [0.29, 0.717) is 32.2 Å². The van der Waals surface area contributed by atoms with E-state index in [1.807, 2.05) is 45.2 Å². The number of Topliss-reactive ketones (excluding diaryl/α,β-unsaturated/α-hetero) is 1. The van der Waals surface area contributed by atoms with Crippen LogP contribution in [0.5, 0.6) is 0 Å². The lowest BCUT2D eigenvalue weighted by Crippen LogP contribution is -2.52. The van der Waals surface area contributed by atoms with Crippen LogP contribution in [0.4, 0.5) is 9.59 Å². The number of alkyl carbamates (subject to hydrolysis) is 1. The van der Waals surface area contributed by atoms with Gasteiger partial charge in [0.05, 0.1) is 6.04 Å². The fraction of sp³-hybridized carbons (Fsp3) is 0.667. The summed E-state index contributed by atoms with van der Waals surface area (Å²) in [5.74, 6) is -2.14. The molecule has 6 N–H and O–H groups in total. The van der Waals surface area contributed by atoms with Gasteiger partial charge in [-0.1, -0.05) is 0 Å². The number of aromatic amines is 1. The Hall–Kier alpha value is -4.42. The van der Waals surface area contributed by atoms with Gasteiger partial charge in [0.2, 0.25) is 11.8 Å². The first kappa shape index (κ1) is 51.9. The second-order valence-electron chi connectivity index (χ2n) is 19.1. The number of hydrogen-bond acceptors (Lipinski definition) is 10. The number of halogens is 1. The Morgan fingerprint density at radius 1 is 0.758 bits per heavy atom. The fourth-order valence-electron chi connectivity index (χ4n) is 7.03. The Balaban J connectivity index is 1.58. The second kappa shape index (κ2) is 23.3. The zero-order chi connectivity index (χ0) is 46.4. The third-order valence-corrected chi connectivity index (χ3v) is 10.7. The molecule has 2 aromatic rings. The van der Waals surface area contributed by atoms with Crippen molar-refractivity contribution >= 4 is 75.2 Å².